The number of anilines is 1. The van der Waals surface area contributed by atoms with Crippen molar-refractivity contribution in [3.05, 3.63) is 60.7 Å². The Morgan fingerprint density at radius 2 is 1.88 bits per heavy atom. The average molecular weight is 333 g/mol. The molecule has 4 aromatic rings. The molecular formula is C18H15N5O2. The summed E-state index contributed by atoms with van der Waals surface area (Å²) in [6.07, 6.45) is 0. The first-order valence-electron chi connectivity index (χ1n) is 7.76. The number of nitrogens with zero attached hydrogens (tertiary/aromatic N) is 2. The molecule has 0 aliphatic carbocycles. The van der Waals surface area contributed by atoms with Crippen LogP contribution in [0.15, 0.2) is 60.7 Å². The Morgan fingerprint density at radius 1 is 1.08 bits per heavy atom. The minimum atomic E-state index is -0.250. The maximum Gasteiger partial charge on any atom is 0.262 e. The number of imidazole rings is 1. The van der Waals surface area contributed by atoms with E-state index in [0.29, 0.717) is 17.4 Å². The summed E-state index contributed by atoms with van der Waals surface area (Å²) < 4.78 is 5.42. The highest BCUT2D eigenvalue weighted by Crippen LogP contribution is 2.21. The molecule has 0 atom stereocenters. The van der Waals surface area contributed by atoms with Gasteiger partial charge < -0.3 is 15.0 Å². The zero-order valence-electron chi connectivity index (χ0n) is 13.2. The Balaban J connectivity index is 1.40. The first-order chi connectivity index (χ1) is 12.3. The van der Waals surface area contributed by atoms with E-state index in [2.05, 4.69) is 25.5 Å². The zero-order valence-corrected chi connectivity index (χ0v) is 13.2. The number of carbonyl (C=O) groups excluding carboxylic acids is 1. The molecule has 3 N–H and O–H groups in total. The third-order valence-corrected chi connectivity index (χ3v) is 3.61. The molecule has 1 amide bonds. The third kappa shape index (κ3) is 3.35. The van der Waals surface area contributed by atoms with Gasteiger partial charge in [-0.3, -0.25) is 9.89 Å². The maximum atomic E-state index is 11.9. The summed E-state index contributed by atoms with van der Waals surface area (Å²) in [5.41, 5.74) is 3.23. The van der Waals surface area contributed by atoms with Crippen LogP contribution in [-0.4, -0.2) is 32.7 Å². The lowest BCUT2D eigenvalue weighted by atomic mass is 10.3. The summed E-state index contributed by atoms with van der Waals surface area (Å²) >= 11 is 0. The van der Waals surface area contributed by atoms with E-state index in [1.807, 2.05) is 54.6 Å². The van der Waals surface area contributed by atoms with Crippen LogP contribution in [0.2, 0.25) is 0 Å². The average Bonchev–Trinajstić information content (AvgIpc) is 3.27. The summed E-state index contributed by atoms with van der Waals surface area (Å²) in [5, 5.41) is 9.66. The quantitative estimate of drug-likeness (QED) is 0.523. The van der Waals surface area contributed by atoms with Crippen LogP contribution in [0.5, 0.6) is 5.88 Å². The van der Waals surface area contributed by atoms with E-state index >= 15 is 0 Å². The second-order valence-electron chi connectivity index (χ2n) is 5.43. The minimum absolute atomic E-state index is 0.126. The Morgan fingerprint density at radius 3 is 2.72 bits per heavy atom. The lowest BCUT2D eigenvalue weighted by Gasteiger charge is -2.04. The molecular weight excluding hydrogens is 318 g/mol. The highest BCUT2D eigenvalue weighted by molar-refractivity contribution is 5.91. The number of rotatable bonds is 5. The van der Waals surface area contributed by atoms with Crippen LogP contribution in [0.25, 0.3) is 22.6 Å². The highest BCUT2D eigenvalue weighted by atomic mass is 16.5. The van der Waals surface area contributed by atoms with Gasteiger partial charge in [-0.2, -0.15) is 0 Å². The number of amides is 1. The largest absolute Gasteiger partial charge is 0.466 e. The predicted molar refractivity (Wildman–Crippen MR) is 94.2 cm³/mol. The number of nitrogens with one attached hydrogen (secondary N) is 3. The molecule has 4 rings (SSSR count). The fraction of sp³-hybridized carbons (Fsp3) is 0.0556. The highest BCUT2D eigenvalue weighted by Gasteiger charge is 2.10. The van der Waals surface area contributed by atoms with E-state index in [4.69, 9.17) is 4.74 Å². The molecule has 0 saturated carbocycles. The number of para-hydroxylation sites is 3. The minimum Gasteiger partial charge on any atom is -0.466 e. The van der Waals surface area contributed by atoms with Crippen molar-refractivity contribution in [1.29, 1.82) is 0 Å². The molecule has 7 nitrogen and oxygen atoms in total. The van der Waals surface area contributed by atoms with Crippen LogP contribution in [0.1, 0.15) is 0 Å². The van der Waals surface area contributed by atoms with E-state index in [1.165, 1.54) is 0 Å². The molecule has 0 spiro atoms. The standard InChI is InChI=1S/C18H15N5O2/c24-16(19-12-6-2-1-3-7-12)11-25-17-10-15(22-23-17)18-20-13-8-4-5-9-14(13)21-18/h1-10H,11H2,(H,19,24)(H,20,21)(H,22,23). The van der Waals surface area contributed by atoms with Gasteiger partial charge in [0.15, 0.2) is 12.4 Å². The summed E-state index contributed by atoms with van der Waals surface area (Å²) in [5.74, 6) is 0.746. The van der Waals surface area contributed by atoms with Gasteiger partial charge in [0.05, 0.1) is 11.0 Å². The van der Waals surface area contributed by atoms with Crippen LogP contribution >= 0.6 is 0 Å². The van der Waals surface area contributed by atoms with Crippen LogP contribution in [0.3, 0.4) is 0 Å². The second kappa shape index (κ2) is 6.48. The fourth-order valence-electron chi connectivity index (χ4n) is 2.44. The van der Waals surface area contributed by atoms with Gasteiger partial charge >= 0.3 is 0 Å². The van der Waals surface area contributed by atoms with Crippen molar-refractivity contribution in [3.8, 4) is 17.4 Å². The van der Waals surface area contributed by atoms with Crippen molar-refractivity contribution < 1.29 is 9.53 Å². The van der Waals surface area contributed by atoms with Gasteiger partial charge in [-0.05, 0) is 24.3 Å². The van der Waals surface area contributed by atoms with E-state index in [1.54, 1.807) is 6.07 Å². The van der Waals surface area contributed by atoms with Crippen molar-refractivity contribution in [2.24, 2.45) is 0 Å². The Labute approximate surface area is 143 Å². The van der Waals surface area contributed by atoms with Gasteiger partial charge in [-0.25, -0.2) is 4.98 Å². The van der Waals surface area contributed by atoms with Crippen molar-refractivity contribution in [2.45, 2.75) is 0 Å². The lowest BCUT2D eigenvalue weighted by molar-refractivity contribution is -0.118. The predicted octanol–water partition coefficient (Wildman–Crippen LogP) is 2.97. The molecule has 7 heteroatoms. The Hall–Kier alpha value is -3.61. The molecule has 0 bridgehead atoms. The van der Waals surface area contributed by atoms with Crippen LogP contribution in [-0.2, 0) is 4.79 Å². The number of benzene rings is 2. The molecule has 0 radical (unpaired) electrons. The number of H-pyrrole nitrogens is 2. The SMILES string of the molecule is O=C(COc1cc(-c2nc3ccccc3[nH]2)[nH]n1)Nc1ccccc1. The van der Waals surface area contributed by atoms with Gasteiger partial charge in [0, 0.05) is 11.8 Å². The number of ether oxygens (including phenoxy) is 1. The van der Waals surface area contributed by atoms with Gasteiger partial charge in [-0.1, -0.05) is 30.3 Å². The third-order valence-electron chi connectivity index (χ3n) is 3.61. The number of carbonyl (C=O) groups is 1. The molecule has 0 aliphatic heterocycles. The summed E-state index contributed by atoms with van der Waals surface area (Å²) in [4.78, 5) is 19.6. The van der Waals surface area contributed by atoms with Crippen LogP contribution in [0.4, 0.5) is 5.69 Å². The van der Waals surface area contributed by atoms with Crippen LogP contribution < -0.4 is 10.1 Å². The topological polar surface area (TPSA) is 95.7 Å². The van der Waals surface area contributed by atoms with E-state index < -0.39 is 0 Å². The first kappa shape index (κ1) is 14.9. The molecule has 2 heterocycles. The smallest absolute Gasteiger partial charge is 0.262 e. The molecule has 2 aromatic heterocycles. The summed E-state index contributed by atoms with van der Waals surface area (Å²) in [6, 6.07) is 18.7. The molecule has 124 valence electrons. The van der Waals surface area contributed by atoms with Crippen molar-refractivity contribution in [3.63, 3.8) is 0 Å². The Kier molecular flexibility index (Phi) is 3.88. The van der Waals surface area contributed by atoms with Gasteiger partial charge in [-0.15, -0.1) is 5.10 Å². The Bertz CT molecular complexity index is 973. The molecule has 25 heavy (non-hydrogen) atoms. The van der Waals surface area contributed by atoms with Gasteiger partial charge in [0.2, 0.25) is 5.88 Å². The van der Waals surface area contributed by atoms with Crippen molar-refractivity contribution in [2.75, 3.05) is 11.9 Å². The maximum absolute atomic E-state index is 11.9. The lowest BCUT2D eigenvalue weighted by Crippen LogP contribution is -2.20. The number of fused-ring (bicyclic) bond motifs is 1. The molecule has 0 saturated heterocycles. The number of aromatic amines is 2. The number of hydrogen-bond acceptors (Lipinski definition) is 4. The molecule has 2 aromatic carbocycles. The van der Waals surface area contributed by atoms with E-state index in [-0.39, 0.29) is 12.5 Å². The van der Waals surface area contributed by atoms with Crippen molar-refractivity contribution in [1.82, 2.24) is 20.2 Å². The van der Waals surface area contributed by atoms with Crippen molar-refractivity contribution >= 4 is 22.6 Å². The monoisotopic (exact) mass is 333 g/mol. The molecule has 0 fully saturated rings. The van der Waals surface area contributed by atoms with Crippen LogP contribution in [0, 0.1) is 0 Å². The van der Waals surface area contributed by atoms with E-state index in [9.17, 15) is 4.79 Å². The second-order valence-corrected chi connectivity index (χ2v) is 5.43. The fourth-order valence-corrected chi connectivity index (χ4v) is 2.44. The molecule has 0 aliphatic rings. The summed E-state index contributed by atoms with van der Waals surface area (Å²) in [7, 11) is 0. The zero-order chi connectivity index (χ0) is 17.1. The van der Waals surface area contributed by atoms with Gasteiger partial charge in [0.25, 0.3) is 5.91 Å². The molecule has 0 unspecified atom stereocenters. The first-order valence-corrected chi connectivity index (χ1v) is 7.76. The van der Waals surface area contributed by atoms with Gasteiger partial charge in [0.1, 0.15) is 5.69 Å². The number of aromatic nitrogens is 4. The summed E-state index contributed by atoms with van der Waals surface area (Å²) in [6.45, 7) is -0.126. The number of hydrogen-bond donors (Lipinski definition) is 3. The normalized spacial score (nSPS) is 10.7. The van der Waals surface area contributed by atoms with E-state index in [0.717, 1.165) is 16.7 Å².